The largest absolute Gasteiger partial charge is 0.380 e. The number of ether oxygens (including phenoxy) is 1. The van der Waals surface area contributed by atoms with Crippen molar-refractivity contribution < 1.29 is 4.74 Å². The summed E-state index contributed by atoms with van der Waals surface area (Å²) in [5, 5.41) is 3.32. The topological polar surface area (TPSA) is 37.4 Å². The van der Waals surface area contributed by atoms with Gasteiger partial charge in [0.25, 0.3) is 0 Å². The van der Waals surface area contributed by atoms with Crippen LogP contribution in [0.3, 0.4) is 0 Å². The molecule has 4 heteroatoms. The van der Waals surface area contributed by atoms with Crippen LogP contribution in [-0.4, -0.2) is 43.2 Å². The summed E-state index contributed by atoms with van der Waals surface area (Å²) < 4.78 is 5.18. The minimum absolute atomic E-state index is 0.768. The zero-order valence-electron chi connectivity index (χ0n) is 12.6. The average Bonchev–Trinajstić information content (AvgIpc) is 2.48. The summed E-state index contributed by atoms with van der Waals surface area (Å²) in [6.45, 7) is 7.72. The summed E-state index contributed by atoms with van der Waals surface area (Å²) in [5.41, 5.74) is 3.69. The molecule has 0 atom stereocenters. The van der Waals surface area contributed by atoms with Crippen LogP contribution in [-0.2, 0) is 17.8 Å². The number of rotatable bonds is 7. The Balaban J connectivity index is 1.87. The fraction of sp³-hybridized carbons (Fsp3) is 0.562. The molecular formula is C16H25N3O. The van der Waals surface area contributed by atoms with Crippen LogP contribution in [0.5, 0.6) is 0 Å². The minimum atomic E-state index is 0.768. The second-order valence-corrected chi connectivity index (χ2v) is 5.18. The molecule has 1 N–H and O–H groups in total. The molecule has 1 aliphatic heterocycles. The van der Waals surface area contributed by atoms with Gasteiger partial charge in [0.05, 0.1) is 18.0 Å². The SMILES string of the molecule is CCNCc1cccc(CN2CC=C(COC)CC2)n1. The second kappa shape index (κ2) is 8.15. The zero-order chi connectivity index (χ0) is 14.2. The highest BCUT2D eigenvalue weighted by molar-refractivity contribution is 5.13. The van der Waals surface area contributed by atoms with E-state index in [1.54, 1.807) is 7.11 Å². The molecule has 0 saturated heterocycles. The molecule has 110 valence electrons. The fourth-order valence-electron chi connectivity index (χ4n) is 2.41. The van der Waals surface area contributed by atoms with Gasteiger partial charge in [0, 0.05) is 33.3 Å². The summed E-state index contributed by atoms with van der Waals surface area (Å²) in [6.07, 6.45) is 3.39. The van der Waals surface area contributed by atoms with Crippen LogP contribution in [0.15, 0.2) is 29.8 Å². The first-order chi connectivity index (χ1) is 9.81. The van der Waals surface area contributed by atoms with Gasteiger partial charge in [-0.05, 0) is 30.7 Å². The lowest BCUT2D eigenvalue weighted by atomic mass is 10.1. The molecule has 1 aromatic rings. The number of hydrogen-bond donors (Lipinski definition) is 1. The molecule has 0 amide bonds. The molecular weight excluding hydrogens is 250 g/mol. The molecule has 0 unspecified atom stereocenters. The van der Waals surface area contributed by atoms with Crippen molar-refractivity contribution in [2.75, 3.05) is 33.4 Å². The molecule has 0 fully saturated rings. The van der Waals surface area contributed by atoms with Gasteiger partial charge in [0.2, 0.25) is 0 Å². The van der Waals surface area contributed by atoms with E-state index in [4.69, 9.17) is 9.72 Å². The Labute approximate surface area is 121 Å². The minimum Gasteiger partial charge on any atom is -0.380 e. The molecule has 20 heavy (non-hydrogen) atoms. The van der Waals surface area contributed by atoms with Gasteiger partial charge in [-0.25, -0.2) is 0 Å². The van der Waals surface area contributed by atoms with Gasteiger partial charge in [0.1, 0.15) is 0 Å². The van der Waals surface area contributed by atoms with Crippen molar-refractivity contribution in [2.24, 2.45) is 0 Å². The fourth-order valence-corrected chi connectivity index (χ4v) is 2.41. The lowest BCUT2D eigenvalue weighted by molar-refractivity contribution is 0.210. The van der Waals surface area contributed by atoms with E-state index >= 15 is 0 Å². The molecule has 4 nitrogen and oxygen atoms in total. The van der Waals surface area contributed by atoms with Crippen molar-refractivity contribution in [1.29, 1.82) is 0 Å². The van der Waals surface area contributed by atoms with Gasteiger partial charge in [-0.15, -0.1) is 0 Å². The van der Waals surface area contributed by atoms with E-state index in [1.165, 1.54) is 5.57 Å². The van der Waals surface area contributed by atoms with Crippen LogP contribution in [0.1, 0.15) is 24.7 Å². The predicted octanol–water partition coefficient (Wildman–Crippen LogP) is 1.97. The Bertz CT molecular complexity index is 445. The number of nitrogens with one attached hydrogen (secondary N) is 1. The summed E-state index contributed by atoms with van der Waals surface area (Å²) in [6, 6.07) is 6.30. The van der Waals surface area contributed by atoms with Crippen molar-refractivity contribution in [1.82, 2.24) is 15.2 Å². The van der Waals surface area contributed by atoms with Crippen molar-refractivity contribution in [3.63, 3.8) is 0 Å². The highest BCUT2D eigenvalue weighted by Crippen LogP contribution is 2.13. The van der Waals surface area contributed by atoms with E-state index in [2.05, 4.69) is 41.4 Å². The Morgan fingerprint density at radius 3 is 2.90 bits per heavy atom. The smallest absolute Gasteiger partial charge is 0.0673 e. The lowest BCUT2D eigenvalue weighted by Crippen LogP contribution is -2.29. The third-order valence-electron chi connectivity index (χ3n) is 3.52. The molecule has 0 saturated carbocycles. The standard InChI is InChI=1S/C16H25N3O/c1-3-17-11-15-5-4-6-16(18-15)12-19-9-7-14(8-10-19)13-20-2/h4-7,17H,3,8-13H2,1-2H3. The van der Waals surface area contributed by atoms with Crippen molar-refractivity contribution in [3.05, 3.63) is 41.2 Å². The van der Waals surface area contributed by atoms with E-state index in [0.717, 1.165) is 57.1 Å². The van der Waals surface area contributed by atoms with Crippen LogP contribution in [0, 0.1) is 0 Å². The van der Waals surface area contributed by atoms with E-state index in [9.17, 15) is 0 Å². The average molecular weight is 275 g/mol. The number of pyridine rings is 1. The quantitative estimate of drug-likeness (QED) is 0.772. The van der Waals surface area contributed by atoms with Crippen molar-refractivity contribution in [3.8, 4) is 0 Å². The van der Waals surface area contributed by atoms with Crippen molar-refractivity contribution in [2.45, 2.75) is 26.4 Å². The Morgan fingerprint density at radius 2 is 2.20 bits per heavy atom. The van der Waals surface area contributed by atoms with Gasteiger partial charge < -0.3 is 10.1 Å². The number of hydrogen-bond acceptors (Lipinski definition) is 4. The molecule has 2 heterocycles. The van der Waals surface area contributed by atoms with E-state index in [-0.39, 0.29) is 0 Å². The van der Waals surface area contributed by atoms with Crippen LogP contribution in [0.4, 0.5) is 0 Å². The predicted molar refractivity (Wildman–Crippen MR) is 81.5 cm³/mol. The molecule has 0 aliphatic carbocycles. The van der Waals surface area contributed by atoms with Crippen LogP contribution in [0.25, 0.3) is 0 Å². The summed E-state index contributed by atoms with van der Waals surface area (Å²) in [7, 11) is 1.76. The van der Waals surface area contributed by atoms with Gasteiger partial charge in [-0.2, -0.15) is 0 Å². The summed E-state index contributed by atoms with van der Waals surface area (Å²) >= 11 is 0. The first-order valence-corrected chi connectivity index (χ1v) is 7.36. The van der Waals surface area contributed by atoms with Crippen molar-refractivity contribution >= 4 is 0 Å². The Kier molecular flexibility index (Phi) is 6.18. The molecule has 0 spiro atoms. The molecule has 0 radical (unpaired) electrons. The molecule has 1 aromatic heterocycles. The van der Waals surface area contributed by atoms with Gasteiger partial charge >= 0.3 is 0 Å². The Morgan fingerprint density at radius 1 is 1.35 bits per heavy atom. The van der Waals surface area contributed by atoms with E-state index in [1.807, 2.05) is 0 Å². The Hall–Kier alpha value is -1.23. The number of methoxy groups -OCH3 is 1. The zero-order valence-corrected chi connectivity index (χ0v) is 12.6. The van der Waals surface area contributed by atoms with Gasteiger partial charge in [0.15, 0.2) is 0 Å². The maximum Gasteiger partial charge on any atom is 0.0673 e. The monoisotopic (exact) mass is 275 g/mol. The third kappa shape index (κ3) is 4.71. The first kappa shape index (κ1) is 15.2. The molecule has 1 aliphatic rings. The molecule has 0 bridgehead atoms. The molecule has 0 aromatic carbocycles. The van der Waals surface area contributed by atoms with Crippen LogP contribution < -0.4 is 5.32 Å². The highest BCUT2D eigenvalue weighted by Gasteiger charge is 2.12. The van der Waals surface area contributed by atoms with E-state index < -0.39 is 0 Å². The van der Waals surface area contributed by atoms with Gasteiger partial charge in [-0.1, -0.05) is 19.1 Å². The lowest BCUT2D eigenvalue weighted by Gasteiger charge is -2.25. The first-order valence-electron chi connectivity index (χ1n) is 7.36. The van der Waals surface area contributed by atoms with Gasteiger partial charge in [-0.3, -0.25) is 9.88 Å². The van der Waals surface area contributed by atoms with Crippen LogP contribution in [0.2, 0.25) is 0 Å². The maximum absolute atomic E-state index is 5.18. The summed E-state index contributed by atoms with van der Waals surface area (Å²) in [4.78, 5) is 7.14. The third-order valence-corrected chi connectivity index (χ3v) is 3.52. The van der Waals surface area contributed by atoms with E-state index in [0.29, 0.717) is 0 Å². The number of nitrogens with zero attached hydrogens (tertiary/aromatic N) is 2. The number of aromatic nitrogens is 1. The summed E-state index contributed by atoms with van der Waals surface area (Å²) in [5.74, 6) is 0. The van der Waals surface area contributed by atoms with Crippen LogP contribution >= 0.6 is 0 Å². The normalized spacial score (nSPS) is 16.2. The second-order valence-electron chi connectivity index (χ2n) is 5.18. The highest BCUT2D eigenvalue weighted by atomic mass is 16.5. The maximum atomic E-state index is 5.18. The molecule has 2 rings (SSSR count).